The molecule has 1 rings (SSSR count). The second-order valence-electron chi connectivity index (χ2n) is 2.14. The third-order valence-corrected chi connectivity index (χ3v) is 1.87. The highest BCUT2D eigenvalue weighted by Gasteiger charge is 2.10. The van der Waals surface area contributed by atoms with Gasteiger partial charge in [0.2, 0.25) is 6.16 Å². The fourth-order valence-corrected chi connectivity index (χ4v) is 1.27. The minimum absolute atomic E-state index is 0.0929. The van der Waals surface area contributed by atoms with Gasteiger partial charge in [-0.25, -0.2) is 4.39 Å². The molecule has 0 aliphatic rings. The molecular weight excluding hydrogens is 166 g/mol. The van der Waals surface area contributed by atoms with Crippen LogP contribution in [0.3, 0.4) is 0 Å². The van der Waals surface area contributed by atoms with Gasteiger partial charge in [0.25, 0.3) is 0 Å². The van der Waals surface area contributed by atoms with E-state index in [1.54, 1.807) is 0 Å². The second-order valence-corrected chi connectivity index (χ2v) is 3.16. The van der Waals surface area contributed by atoms with Crippen LogP contribution < -0.4 is 0 Å². The molecule has 0 radical (unpaired) electrons. The quantitative estimate of drug-likeness (QED) is 0.695. The van der Waals surface area contributed by atoms with E-state index in [9.17, 15) is 8.96 Å². The summed E-state index contributed by atoms with van der Waals surface area (Å²) in [6.07, 6.45) is 0.0929. The minimum atomic E-state index is -2.16. The van der Waals surface area contributed by atoms with Crippen LogP contribution in [0.1, 0.15) is 5.56 Å². The van der Waals surface area contributed by atoms with E-state index < -0.39 is 8.03 Å². The van der Waals surface area contributed by atoms with Gasteiger partial charge in [0.1, 0.15) is 5.82 Å². The van der Waals surface area contributed by atoms with Crippen molar-refractivity contribution in [2.24, 2.45) is 0 Å². The number of rotatable bonds is 2. The predicted octanol–water partition coefficient (Wildman–Crippen LogP) is 2.06. The van der Waals surface area contributed by atoms with Crippen LogP contribution in [-0.4, -0.2) is 4.89 Å². The highest BCUT2D eigenvalue weighted by Crippen LogP contribution is 2.20. The molecule has 1 aromatic carbocycles. The number of benzene rings is 1. The Morgan fingerprint density at radius 2 is 1.91 bits per heavy atom. The summed E-state index contributed by atoms with van der Waals surface area (Å²) in [5.74, 6) is -0.332. The van der Waals surface area contributed by atoms with Gasteiger partial charge in [-0.15, -0.1) is 0 Å². The Morgan fingerprint density at radius 3 is 2.36 bits per heavy atom. The summed E-state index contributed by atoms with van der Waals surface area (Å²) in [5.41, 5.74) is 0.676. The van der Waals surface area contributed by atoms with Crippen LogP contribution in [-0.2, 0) is 10.7 Å². The Bertz CT molecular complexity index is 258. The molecule has 1 atom stereocenters. The van der Waals surface area contributed by atoms with Crippen LogP contribution in [0.5, 0.6) is 0 Å². The van der Waals surface area contributed by atoms with Crippen molar-refractivity contribution >= 4 is 8.03 Å². The Hall–Kier alpha value is -0.790. The van der Waals surface area contributed by atoms with E-state index >= 15 is 0 Å². The third kappa shape index (κ3) is 2.74. The highest BCUT2D eigenvalue weighted by atomic mass is 31.1. The van der Waals surface area contributed by atoms with Gasteiger partial charge in [-0.1, -0.05) is 12.1 Å². The largest absolute Gasteiger partial charge is 0.510 e. The van der Waals surface area contributed by atoms with E-state index in [4.69, 9.17) is 4.89 Å². The van der Waals surface area contributed by atoms with E-state index in [0.29, 0.717) is 5.56 Å². The maximum Gasteiger partial charge on any atom is 0.510 e. The van der Waals surface area contributed by atoms with Gasteiger partial charge in [0, 0.05) is 5.56 Å². The number of hydrogen-bond acceptors (Lipinski definition) is 1. The van der Waals surface area contributed by atoms with E-state index in [2.05, 4.69) is 0 Å². The first kappa shape index (κ1) is 8.31. The first-order valence-electron chi connectivity index (χ1n) is 3.06. The molecule has 0 aliphatic carbocycles. The molecule has 58 valence electrons. The zero-order valence-corrected chi connectivity index (χ0v) is 6.59. The zero-order chi connectivity index (χ0) is 8.27. The minimum Gasteiger partial charge on any atom is -0.207 e. The molecule has 0 spiro atoms. The molecule has 2 nitrogen and oxygen atoms in total. The van der Waals surface area contributed by atoms with Crippen molar-refractivity contribution in [3.8, 4) is 0 Å². The Labute approximate surface area is 64.5 Å². The van der Waals surface area contributed by atoms with Crippen LogP contribution in [0.15, 0.2) is 24.3 Å². The average Bonchev–Trinajstić information content (AvgIpc) is 1.93. The van der Waals surface area contributed by atoms with Gasteiger partial charge < -0.3 is 0 Å². The molecule has 1 unspecified atom stereocenters. The molecular formula is C7H7FO2P+. The smallest absolute Gasteiger partial charge is 0.207 e. The Kier molecular flexibility index (Phi) is 2.69. The molecule has 4 heteroatoms. The molecule has 0 fully saturated rings. The molecule has 0 amide bonds. The van der Waals surface area contributed by atoms with Crippen molar-refractivity contribution < 1.29 is 13.8 Å². The Balaban J connectivity index is 2.74. The van der Waals surface area contributed by atoms with Crippen LogP contribution in [0, 0.1) is 5.82 Å². The summed E-state index contributed by atoms with van der Waals surface area (Å²) in [6, 6.07) is 5.54. The standard InChI is InChI=1S/C7H6FO2P/c8-7-3-1-6(2-4-7)5-11(9)10/h1-4H,5H2/p+1. The summed E-state index contributed by atoms with van der Waals surface area (Å²) in [6.45, 7) is 0. The van der Waals surface area contributed by atoms with Gasteiger partial charge in [0.05, 0.1) is 0 Å². The molecule has 0 saturated heterocycles. The van der Waals surface area contributed by atoms with E-state index in [0.717, 1.165) is 0 Å². The fraction of sp³-hybridized carbons (Fsp3) is 0.143. The molecule has 1 N–H and O–H groups in total. The van der Waals surface area contributed by atoms with Gasteiger partial charge in [-0.05, 0) is 16.7 Å². The van der Waals surface area contributed by atoms with Crippen LogP contribution in [0.2, 0.25) is 0 Å². The first-order chi connectivity index (χ1) is 5.18. The monoisotopic (exact) mass is 173 g/mol. The predicted molar refractivity (Wildman–Crippen MR) is 39.9 cm³/mol. The summed E-state index contributed by atoms with van der Waals surface area (Å²) < 4.78 is 22.6. The maximum absolute atomic E-state index is 12.3. The molecule has 11 heavy (non-hydrogen) atoms. The van der Waals surface area contributed by atoms with Crippen molar-refractivity contribution in [3.05, 3.63) is 35.6 Å². The van der Waals surface area contributed by atoms with Gasteiger partial charge in [-0.3, -0.25) is 0 Å². The average molecular weight is 173 g/mol. The SMILES string of the molecule is O=[P+](O)Cc1ccc(F)cc1. The first-order valence-corrected chi connectivity index (χ1v) is 4.46. The lowest BCUT2D eigenvalue weighted by Crippen LogP contribution is -1.79. The molecule has 1 aromatic rings. The normalized spacial score (nSPS) is 11.3. The lowest BCUT2D eigenvalue weighted by molar-refractivity contribution is 0.502. The summed E-state index contributed by atoms with van der Waals surface area (Å²) >= 11 is 0. The van der Waals surface area contributed by atoms with Gasteiger partial charge >= 0.3 is 8.03 Å². The van der Waals surface area contributed by atoms with Crippen molar-refractivity contribution in [3.63, 3.8) is 0 Å². The second kappa shape index (κ2) is 3.56. The van der Waals surface area contributed by atoms with Crippen LogP contribution in [0.25, 0.3) is 0 Å². The number of halogens is 1. The lowest BCUT2D eigenvalue weighted by Gasteiger charge is -1.89. The summed E-state index contributed by atoms with van der Waals surface area (Å²) in [7, 11) is -2.16. The molecule has 0 bridgehead atoms. The summed E-state index contributed by atoms with van der Waals surface area (Å²) in [5, 5.41) is 0. The Morgan fingerprint density at radius 1 is 1.36 bits per heavy atom. The van der Waals surface area contributed by atoms with Crippen LogP contribution >= 0.6 is 8.03 Å². The van der Waals surface area contributed by atoms with E-state index in [-0.39, 0.29) is 12.0 Å². The van der Waals surface area contributed by atoms with Crippen molar-refractivity contribution in [1.82, 2.24) is 0 Å². The summed E-state index contributed by atoms with van der Waals surface area (Å²) in [4.78, 5) is 8.49. The third-order valence-electron chi connectivity index (χ3n) is 1.23. The zero-order valence-electron chi connectivity index (χ0n) is 5.70. The molecule has 0 saturated carbocycles. The topological polar surface area (TPSA) is 37.3 Å². The maximum atomic E-state index is 12.3. The van der Waals surface area contributed by atoms with Crippen molar-refractivity contribution in [1.29, 1.82) is 0 Å². The number of hydrogen-bond donors (Lipinski definition) is 1. The van der Waals surface area contributed by atoms with E-state index in [1.165, 1.54) is 24.3 Å². The van der Waals surface area contributed by atoms with Crippen molar-refractivity contribution in [2.45, 2.75) is 6.16 Å². The fourth-order valence-electron chi connectivity index (χ4n) is 0.746. The van der Waals surface area contributed by atoms with Crippen molar-refractivity contribution in [2.75, 3.05) is 0 Å². The molecule has 0 aromatic heterocycles. The van der Waals surface area contributed by atoms with Gasteiger partial charge in [-0.2, -0.15) is 4.89 Å². The van der Waals surface area contributed by atoms with Crippen LogP contribution in [0.4, 0.5) is 4.39 Å². The van der Waals surface area contributed by atoms with Gasteiger partial charge in [0.15, 0.2) is 0 Å². The van der Waals surface area contributed by atoms with E-state index in [1.807, 2.05) is 0 Å². The molecule has 0 aliphatic heterocycles. The lowest BCUT2D eigenvalue weighted by atomic mass is 10.2. The highest BCUT2D eigenvalue weighted by molar-refractivity contribution is 7.37. The molecule has 0 heterocycles.